The molecule has 2 heterocycles. The molecule has 0 bridgehead atoms. The highest BCUT2D eigenvalue weighted by molar-refractivity contribution is 6.29. The predicted octanol–water partition coefficient (Wildman–Crippen LogP) is 1.94. The van der Waals surface area contributed by atoms with Gasteiger partial charge in [-0.05, 0) is 19.1 Å². The number of aromatic nitrogens is 1. The summed E-state index contributed by atoms with van der Waals surface area (Å²) in [5.41, 5.74) is 1.05. The van der Waals surface area contributed by atoms with Crippen molar-refractivity contribution in [1.82, 2.24) is 4.98 Å². The maximum absolute atomic E-state index is 5.67. The molecule has 0 saturated carbocycles. The largest absolute Gasteiger partial charge is 0.376 e. The van der Waals surface area contributed by atoms with Crippen molar-refractivity contribution in [1.29, 1.82) is 0 Å². The van der Waals surface area contributed by atoms with E-state index >= 15 is 0 Å². The lowest BCUT2D eigenvalue weighted by atomic mass is 10.0. The Hall–Kier alpha value is -0.800. The Labute approximate surface area is 82.1 Å². The minimum atomic E-state index is 0.0650. The van der Waals surface area contributed by atoms with Gasteiger partial charge in [0.2, 0.25) is 0 Å². The van der Waals surface area contributed by atoms with Crippen molar-refractivity contribution in [2.24, 2.45) is 0 Å². The summed E-state index contributed by atoms with van der Waals surface area (Å²) in [5, 5.41) is 3.85. The molecular weight excluding hydrogens is 188 g/mol. The van der Waals surface area contributed by atoms with Gasteiger partial charge in [-0.25, -0.2) is 4.98 Å². The molecule has 0 aliphatic carbocycles. The maximum Gasteiger partial charge on any atom is 0.129 e. The first-order valence-electron chi connectivity index (χ1n) is 4.15. The SMILES string of the molecule is CC1(Nc2ccc(Cl)nc2)COC1. The third-order valence-electron chi connectivity index (χ3n) is 2.01. The van der Waals surface area contributed by atoms with Crippen LogP contribution in [0.25, 0.3) is 0 Å². The molecule has 2 rings (SSSR count). The van der Waals surface area contributed by atoms with E-state index in [2.05, 4.69) is 17.2 Å². The van der Waals surface area contributed by atoms with Crippen molar-refractivity contribution in [3.05, 3.63) is 23.5 Å². The van der Waals surface area contributed by atoms with E-state index in [0.717, 1.165) is 18.9 Å². The van der Waals surface area contributed by atoms with Crippen molar-refractivity contribution < 1.29 is 4.74 Å². The van der Waals surface area contributed by atoms with Gasteiger partial charge in [0.25, 0.3) is 0 Å². The molecule has 1 aromatic heterocycles. The normalized spacial score (nSPS) is 19.2. The number of ether oxygens (including phenoxy) is 1. The molecule has 1 aliphatic rings. The molecule has 1 saturated heterocycles. The van der Waals surface area contributed by atoms with Crippen molar-refractivity contribution in [3.63, 3.8) is 0 Å². The third kappa shape index (κ3) is 1.92. The van der Waals surface area contributed by atoms with E-state index in [1.165, 1.54) is 0 Å². The summed E-state index contributed by atoms with van der Waals surface area (Å²) >= 11 is 5.67. The second-order valence-electron chi connectivity index (χ2n) is 3.55. The Morgan fingerprint density at radius 2 is 2.31 bits per heavy atom. The summed E-state index contributed by atoms with van der Waals surface area (Å²) in [5.74, 6) is 0. The summed E-state index contributed by atoms with van der Waals surface area (Å²) in [6.45, 7) is 3.61. The lowest BCUT2D eigenvalue weighted by molar-refractivity contribution is -0.0318. The maximum atomic E-state index is 5.67. The smallest absolute Gasteiger partial charge is 0.129 e. The Morgan fingerprint density at radius 1 is 1.54 bits per heavy atom. The highest BCUT2D eigenvalue weighted by Crippen LogP contribution is 2.22. The van der Waals surface area contributed by atoms with Crippen LogP contribution in [0.5, 0.6) is 0 Å². The highest BCUT2D eigenvalue weighted by Gasteiger charge is 2.32. The second-order valence-corrected chi connectivity index (χ2v) is 3.94. The van der Waals surface area contributed by atoms with Crippen LogP contribution < -0.4 is 5.32 Å². The van der Waals surface area contributed by atoms with Crippen molar-refractivity contribution in [2.75, 3.05) is 18.5 Å². The van der Waals surface area contributed by atoms with Gasteiger partial charge in [0, 0.05) is 0 Å². The van der Waals surface area contributed by atoms with E-state index in [0.29, 0.717) is 5.15 Å². The summed E-state index contributed by atoms with van der Waals surface area (Å²) < 4.78 is 5.12. The monoisotopic (exact) mass is 198 g/mol. The average molecular weight is 199 g/mol. The molecule has 0 spiro atoms. The topological polar surface area (TPSA) is 34.2 Å². The molecule has 0 atom stereocenters. The quantitative estimate of drug-likeness (QED) is 0.738. The van der Waals surface area contributed by atoms with Gasteiger partial charge < -0.3 is 10.1 Å². The zero-order valence-corrected chi connectivity index (χ0v) is 8.14. The lowest BCUT2D eigenvalue weighted by Gasteiger charge is -2.39. The van der Waals surface area contributed by atoms with Crippen LogP contribution in [0.3, 0.4) is 0 Å². The van der Waals surface area contributed by atoms with Gasteiger partial charge in [-0.15, -0.1) is 0 Å². The van der Waals surface area contributed by atoms with Crippen LogP contribution in [-0.2, 0) is 4.74 Å². The molecule has 1 aliphatic heterocycles. The van der Waals surface area contributed by atoms with E-state index in [4.69, 9.17) is 16.3 Å². The minimum absolute atomic E-state index is 0.0650. The summed E-state index contributed by atoms with van der Waals surface area (Å²) in [6, 6.07) is 3.69. The zero-order valence-electron chi connectivity index (χ0n) is 7.38. The van der Waals surface area contributed by atoms with Crippen molar-refractivity contribution in [3.8, 4) is 0 Å². The number of nitrogens with one attached hydrogen (secondary N) is 1. The van der Waals surface area contributed by atoms with Gasteiger partial charge in [-0.1, -0.05) is 11.6 Å². The molecule has 1 N–H and O–H groups in total. The summed E-state index contributed by atoms with van der Waals surface area (Å²) in [4.78, 5) is 3.98. The van der Waals surface area contributed by atoms with Crippen LogP contribution in [0.1, 0.15) is 6.92 Å². The first-order valence-corrected chi connectivity index (χ1v) is 4.53. The lowest BCUT2D eigenvalue weighted by Crippen LogP contribution is -2.53. The van der Waals surface area contributed by atoms with Crippen LogP contribution >= 0.6 is 11.6 Å². The molecule has 0 amide bonds. The Bertz CT molecular complexity index is 295. The van der Waals surface area contributed by atoms with Crippen molar-refractivity contribution in [2.45, 2.75) is 12.5 Å². The van der Waals surface area contributed by atoms with Gasteiger partial charge in [-0.3, -0.25) is 0 Å². The number of hydrogen-bond acceptors (Lipinski definition) is 3. The molecular formula is C9H11ClN2O. The van der Waals surface area contributed by atoms with E-state index in [-0.39, 0.29) is 5.54 Å². The number of anilines is 1. The number of hydrogen-bond donors (Lipinski definition) is 1. The molecule has 70 valence electrons. The molecule has 0 aromatic carbocycles. The first kappa shape index (κ1) is 8.78. The van der Waals surface area contributed by atoms with E-state index in [1.54, 1.807) is 12.3 Å². The highest BCUT2D eigenvalue weighted by atomic mass is 35.5. The fourth-order valence-electron chi connectivity index (χ4n) is 1.28. The fraction of sp³-hybridized carbons (Fsp3) is 0.444. The third-order valence-corrected chi connectivity index (χ3v) is 2.24. The Kier molecular flexibility index (Phi) is 2.14. The van der Waals surface area contributed by atoms with Gasteiger partial charge in [-0.2, -0.15) is 0 Å². The molecule has 3 nitrogen and oxygen atoms in total. The van der Waals surface area contributed by atoms with Crippen LogP contribution in [-0.4, -0.2) is 23.7 Å². The molecule has 0 unspecified atom stereocenters. The standard InChI is InChI=1S/C9H11ClN2O/c1-9(5-13-6-9)12-7-2-3-8(10)11-4-7/h2-4,12H,5-6H2,1H3. The van der Waals surface area contributed by atoms with Crippen LogP contribution in [0.15, 0.2) is 18.3 Å². The number of nitrogens with zero attached hydrogens (tertiary/aromatic N) is 1. The summed E-state index contributed by atoms with van der Waals surface area (Å²) in [7, 11) is 0. The van der Waals surface area contributed by atoms with Gasteiger partial charge in [0.15, 0.2) is 0 Å². The molecule has 4 heteroatoms. The van der Waals surface area contributed by atoms with E-state index in [1.807, 2.05) is 6.07 Å². The van der Waals surface area contributed by atoms with Crippen LogP contribution in [0.4, 0.5) is 5.69 Å². The van der Waals surface area contributed by atoms with Crippen LogP contribution in [0, 0.1) is 0 Å². The number of pyridine rings is 1. The molecule has 1 aromatic rings. The van der Waals surface area contributed by atoms with Crippen molar-refractivity contribution >= 4 is 17.3 Å². The fourth-order valence-corrected chi connectivity index (χ4v) is 1.39. The van der Waals surface area contributed by atoms with Gasteiger partial charge in [0.1, 0.15) is 5.15 Å². The number of rotatable bonds is 2. The molecule has 0 radical (unpaired) electrons. The molecule has 13 heavy (non-hydrogen) atoms. The Morgan fingerprint density at radius 3 is 2.77 bits per heavy atom. The second kappa shape index (κ2) is 3.16. The zero-order chi connectivity index (χ0) is 9.31. The van der Waals surface area contributed by atoms with E-state index in [9.17, 15) is 0 Å². The number of halogens is 1. The summed E-state index contributed by atoms with van der Waals surface area (Å²) in [6.07, 6.45) is 1.73. The average Bonchev–Trinajstić information content (AvgIpc) is 2.06. The van der Waals surface area contributed by atoms with Crippen LogP contribution in [0.2, 0.25) is 5.15 Å². The van der Waals surface area contributed by atoms with E-state index < -0.39 is 0 Å². The van der Waals surface area contributed by atoms with Gasteiger partial charge in [0.05, 0.1) is 30.6 Å². The predicted molar refractivity (Wildman–Crippen MR) is 52.1 cm³/mol. The van der Waals surface area contributed by atoms with Gasteiger partial charge >= 0.3 is 0 Å². The first-order chi connectivity index (χ1) is 6.18. The Balaban J connectivity index is 2.05. The minimum Gasteiger partial charge on any atom is -0.376 e. The molecule has 1 fully saturated rings.